The summed E-state index contributed by atoms with van der Waals surface area (Å²) in [4.78, 5) is 13.8. The van der Waals surface area contributed by atoms with Crippen molar-refractivity contribution in [2.45, 2.75) is 37.1 Å². The van der Waals surface area contributed by atoms with Crippen LogP contribution in [0.2, 0.25) is 0 Å². The summed E-state index contributed by atoms with van der Waals surface area (Å²) in [6.07, 6.45) is 4.52. The van der Waals surface area contributed by atoms with Crippen LogP contribution in [0.5, 0.6) is 0 Å². The zero-order valence-corrected chi connectivity index (χ0v) is 12.0. The molecule has 1 aliphatic carbocycles. The second-order valence-corrected chi connectivity index (χ2v) is 6.48. The van der Waals surface area contributed by atoms with Crippen LogP contribution in [0.25, 0.3) is 0 Å². The molecule has 1 aliphatic rings. The molecule has 0 bridgehead atoms. The second kappa shape index (κ2) is 4.97. The summed E-state index contributed by atoms with van der Waals surface area (Å²) >= 11 is 0. The van der Waals surface area contributed by atoms with Gasteiger partial charge in [-0.1, -0.05) is 0 Å². The Labute approximate surface area is 113 Å². The molecule has 6 nitrogen and oxygen atoms in total. The van der Waals surface area contributed by atoms with Crippen LogP contribution in [0.3, 0.4) is 0 Å². The van der Waals surface area contributed by atoms with E-state index in [1.807, 2.05) is 6.92 Å². The molecule has 1 saturated carbocycles. The molecule has 0 radical (unpaired) electrons. The lowest BCUT2D eigenvalue weighted by atomic mass is 9.93. The fourth-order valence-electron chi connectivity index (χ4n) is 2.09. The Bertz CT molecular complexity index is 587. The molecule has 0 aliphatic heterocycles. The van der Waals surface area contributed by atoms with Gasteiger partial charge in [0, 0.05) is 25.8 Å². The highest BCUT2D eigenvalue weighted by molar-refractivity contribution is 7.89. The molecule has 2 N–H and O–H groups in total. The third-order valence-electron chi connectivity index (χ3n) is 3.66. The highest BCUT2D eigenvalue weighted by atomic mass is 32.2. The highest BCUT2D eigenvalue weighted by Crippen LogP contribution is 2.34. The molecule has 0 saturated heterocycles. The lowest BCUT2D eigenvalue weighted by molar-refractivity contribution is 0.0785. The average Bonchev–Trinajstić information content (AvgIpc) is 2.69. The summed E-state index contributed by atoms with van der Waals surface area (Å²) in [5.41, 5.74) is 0.401. The minimum atomic E-state index is -3.78. The molecule has 106 valence electrons. The normalized spacial score (nSPS) is 16.2. The minimum Gasteiger partial charge on any atom is -0.341 e. The monoisotopic (exact) mass is 285 g/mol. The fraction of sp³-hybridized carbons (Fsp3) is 0.583. The fourth-order valence-corrected chi connectivity index (χ4v) is 2.62. The van der Waals surface area contributed by atoms with Gasteiger partial charge in [-0.3, -0.25) is 4.79 Å². The van der Waals surface area contributed by atoms with E-state index in [9.17, 15) is 13.2 Å². The molecule has 1 amide bonds. The summed E-state index contributed by atoms with van der Waals surface area (Å²) in [7, 11) is -2.09. The van der Waals surface area contributed by atoms with Crippen LogP contribution in [-0.4, -0.2) is 37.4 Å². The van der Waals surface area contributed by atoms with E-state index in [0.717, 1.165) is 19.3 Å². The number of primary sulfonamides is 1. The predicted molar refractivity (Wildman–Crippen MR) is 71.3 cm³/mol. The first-order valence-corrected chi connectivity index (χ1v) is 7.89. The number of rotatable bonds is 4. The van der Waals surface area contributed by atoms with E-state index in [4.69, 9.17) is 5.14 Å². The maximum Gasteiger partial charge on any atom is 0.270 e. The van der Waals surface area contributed by atoms with Crippen LogP contribution in [0, 0.1) is 0 Å². The number of sulfonamides is 1. The van der Waals surface area contributed by atoms with Gasteiger partial charge >= 0.3 is 0 Å². The largest absolute Gasteiger partial charge is 0.341 e. The topological polar surface area (TPSA) is 85.4 Å². The van der Waals surface area contributed by atoms with Crippen molar-refractivity contribution in [3.8, 4) is 0 Å². The van der Waals surface area contributed by atoms with E-state index in [2.05, 4.69) is 0 Å². The third-order valence-corrected chi connectivity index (χ3v) is 4.54. The van der Waals surface area contributed by atoms with Crippen molar-refractivity contribution in [2.75, 3.05) is 13.6 Å². The maximum absolute atomic E-state index is 12.3. The van der Waals surface area contributed by atoms with E-state index in [0.29, 0.717) is 12.2 Å². The molecule has 0 spiro atoms. The molecular weight excluding hydrogens is 266 g/mol. The van der Waals surface area contributed by atoms with Crippen LogP contribution in [0.1, 0.15) is 42.7 Å². The lowest BCUT2D eigenvalue weighted by Gasteiger charge is -2.29. The Hall–Kier alpha value is -1.34. The first-order valence-electron chi connectivity index (χ1n) is 6.34. The molecule has 0 aromatic carbocycles. The van der Waals surface area contributed by atoms with Crippen molar-refractivity contribution in [3.63, 3.8) is 0 Å². The van der Waals surface area contributed by atoms with E-state index >= 15 is 0 Å². The Balaban J connectivity index is 2.45. The van der Waals surface area contributed by atoms with Crippen molar-refractivity contribution >= 4 is 15.9 Å². The zero-order valence-electron chi connectivity index (χ0n) is 11.2. The molecule has 19 heavy (non-hydrogen) atoms. The molecule has 0 unspecified atom stereocenters. The Morgan fingerprint density at radius 2 is 2.16 bits per heavy atom. The van der Waals surface area contributed by atoms with Crippen molar-refractivity contribution in [2.24, 2.45) is 5.14 Å². The molecule has 2 rings (SSSR count). The number of nitrogens with two attached hydrogens (primary N) is 1. The van der Waals surface area contributed by atoms with Gasteiger partial charge in [-0.15, -0.1) is 0 Å². The third kappa shape index (κ3) is 2.66. The van der Waals surface area contributed by atoms with Gasteiger partial charge in [0.05, 0.1) is 0 Å². The van der Waals surface area contributed by atoms with Crippen molar-refractivity contribution in [3.05, 3.63) is 18.0 Å². The van der Waals surface area contributed by atoms with E-state index < -0.39 is 10.0 Å². The van der Waals surface area contributed by atoms with Gasteiger partial charge in [0.25, 0.3) is 5.91 Å². The summed E-state index contributed by atoms with van der Waals surface area (Å²) in [5.74, 6) is -0.177. The summed E-state index contributed by atoms with van der Waals surface area (Å²) in [6.45, 7) is 2.44. The van der Waals surface area contributed by atoms with Gasteiger partial charge in [0.2, 0.25) is 10.0 Å². The van der Waals surface area contributed by atoms with Gasteiger partial charge in [-0.25, -0.2) is 13.6 Å². The quantitative estimate of drug-likeness (QED) is 0.893. The average molecular weight is 285 g/mol. The molecule has 1 heterocycles. The number of aromatic nitrogens is 1. The first kappa shape index (κ1) is 14.1. The predicted octanol–water partition coefficient (Wildman–Crippen LogP) is 0.952. The number of amides is 1. The van der Waals surface area contributed by atoms with Crippen molar-refractivity contribution < 1.29 is 13.2 Å². The number of hydrogen-bond acceptors (Lipinski definition) is 3. The van der Waals surface area contributed by atoms with Gasteiger partial charge < -0.3 is 9.47 Å². The number of hydrogen-bond donors (Lipinski definition) is 1. The molecule has 1 aromatic heterocycles. The molecular formula is C12H19N3O3S. The molecule has 0 atom stereocenters. The lowest BCUT2D eigenvalue weighted by Crippen LogP contribution is -2.30. The Morgan fingerprint density at radius 1 is 1.53 bits per heavy atom. The molecule has 1 aromatic rings. The van der Waals surface area contributed by atoms with E-state index in [1.165, 1.54) is 12.3 Å². The van der Waals surface area contributed by atoms with Gasteiger partial charge in [0.15, 0.2) is 0 Å². The van der Waals surface area contributed by atoms with Gasteiger partial charge in [0.1, 0.15) is 10.6 Å². The van der Waals surface area contributed by atoms with E-state index in [1.54, 1.807) is 16.5 Å². The highest BCUT2D eigenvalue weighted by Gasteiger charge is 2.27. The summed E-state index contributed by atoms with van der Waals surface area (Å²) in [6, 6.07) is 1.59. The van der Waals surface area contributed by atoms with Crippen LogP contribution in [0.15, 0.2) is 17.2 Å². The number of carbonyl (C=O) groups is 1. The zero-order chi connectivity index (χ0) is 14.2. The molecule has 7 heteroatoms. The maximum atomic E-state index is 12.3. The van der Waals surface area contributed by atoms with Crippen LogP contribution < -0.4 is 5.14 Å². The standard InChI is InChI=1S/C12H19N3O3S/c1-3-14(2)12(16)11-7-10(19(13,17)18)8-15(11)9-5-4-6-9/h7-9H,3-6H2,1-2H3,(H2,13,17,18). The second-order valence-electron chi connectivity index (χ2n) is 4.92. The van der Waals surface area contributed by atoms with Crippen LogP contribution in [-0.2, 0) is 10.0 Å². The summed E-state index contributed by atoms with van der Waals surface area (Å²) in [5, 5.41) is 5.14. The van der Waals surface area contributed by atoms with E-state index in [-0.39, 0.29) is 16.8 Å². The minimum absolute atomic E-state index is 0.00672. The number of carbonyl (C=O) groups excluding carboxylic acids is 1. The summed E-state index contributed by atoms with van der Waals surface area (Å²) < 4.78 is 24.6. The molecule has 1 fully saturated rings. The van der Waals surface area contributed by atoms with Crippen LogP contribution in [0.4, 0.5) is 0 Å². The first-order chi connectivity index (χ1) is 8.84. The van der Waals surface area contributed by atoms with Gasteiger partial charge in [-0.2, -0.15) is 0 Å². The SMILES string of the molecule is CCN(C)C(=O)c1cc(S(N)(=O)=O)cn1C1CCC1. The Kier molecular flexibility index (Phi) is 3.69. The van der Waals surface area contributed by atoms with Crippen LogP contribution >= 0.6 is 0 Å². The smallest absolute Gasteiger partial charge is 0.270 e. The number of nitrogens with zero attached hydrogens (tertiary/aromatic N) is 2. The van der Waals surface area contributed by atoms with Gasteiger partial charge in [-0.05, 0) is 32.3 Å². The Morgan fingerprint density at radius 3 is 2.58 bits per heavy atom. The van der Waals surface area contributed by atoms with Crippen molar-refractivity contribution in [1.29, 1.82) is 0 Å². The van der Waals surface area contributed by atoms with Crippen molar-refractivity contribution in [1.82, 2.24) is 9.47 Å².